The van der Waals surface area contributed by atoms with Gasteiger partial charge in [-0.15, -0.1) is 0 Å². The lowest BCUT2D eigenvalue weighted by Gasteiger charge is -2.33. The van der Waals surface area contributed by atoms with Crippen LogP contribution in [0.25, 0.3) is 11.2 Å². The number of aromatic nitrogens is 4. The fraction of sp³-hybridized carbons (Fsp3) is 0.353. The monoisotopic (exact) mass is 437 g/mol. The first kappa shape index (κ1) is 20.4. The van der Waals surface area contributed by atoms with Crippen molar-refractivity contribution >= 4 is 26.9 Å². The minimum atomic E-state index is -4.45. The first-order chi connectivity index (χ1) is 14.2. The number of sulfone groups is 1. The largest absolute Gasteiger partial charge is 0.394 e. The first-order valence-corrected chi connectivity index (χ1v) is 10.5. The predicted molar refractivity (Wildman–Crippen MR) is 104 cm³/mol. The standard InChI is InChI=1S/C17H19N5O7S/c18-16-20-14-11(15(26)21-16)19-8-22(14)17(13(25)12(24)10(6-23)29-17)30(27,28)7-9-4-2-1-3-5-9/h1-5,8,10,12-13,23-25H,6-7H2,(H3,18,20,21,26)/t10-,12-,13-,17+/m1/s1. The number of imidazole rings is 1. The highest BCUT2D eigenvalue weighted by Gasteiger charge is 2.64. The smallest absolute Gasteiger partial charge is 0.281 e. The molecule has 13 heteroatoms. The summed E-state index contributed by atoms with van der Waals surface area (Å²) in [4.78, 5) is 22.2. The number of aromatic amines is 1. The molecule has 30 heavy (non-hydrogen) atoms. The molecular weight excluding hydrogens is 418 g/mol. The van der Waals surface area contributed by atoms with E-state index in [2.05, 4.69) is 15.0 Å². The molecule has 1 aromatic carbocycles. The van der Waals surface area contributed by atoms with Crippen LogP contribution >= 0.6 is 0 Å². The van der Waals surface area contributed by atoms with Crippen LogP contribution in [0.15, 0.2) is 41.5 Å². The van der Waals surface area contributed by atoms with Crippen LogP contribution in [0.3, 0.4) is 0 Å². The quantitative estimate of drug-likeness (QED) is 0.299. The predicted octanol–water partition coefficient (Wildman–Crippen LogP) is -1.96. The van der Waals surface area contributed by atoms with Crippen molar-refractivity contribution in [2.45, 2.75) is 29.1 Å². The Morgan fingerprint density at radius 1 is 1.27 bits per heavy atom. The molecule has 2 aromatic heterocycles. The third kappa shape index (κ3) is 2.90. The number of ether oxygens (including phenoxy) is 1. The van der Waals surface area contributed by atoms with Gasteiger partial charge in [-0.05, 0) is 5.56 Å². The van der Waals surface area contributed by atoms with Crippen molar-refractivity contribution in [1.29, 1.82) is 0 Å². The fourth-order valence-corrected chi connectivity index (χ4v) is 5.63. The summed E-state index contributed by atoms with van der Waals surface area (Å²) in [5.74, 6) is -0.884. The van der Waals surface area contributed by atoms with E-state index in [-0.39, 0.29) is 17.1 Å². The number of nitrogens with two attached hydrogens (primary N) is 1. The molecule has 1 fully saturated rings. The van der Waals surface area contributed by atoms with Gasteiger partial charge in [-0.25, -0.2) is 13.4 Å². The summed E-state index contributed by atoms with van der Waals surface area (Å²) >= 11 is 0. The number of anilines is 1. The molecule has 0 amide bonds. The number of rotatable bonds is 5. The second-order valence-corrected chi connectivity index (χ2v) is 8.99. The lowest BCUT2D eigenvalue weighted by Crippen LogP contribution is -2.52. The van der Waals surface area contributed by atoms with Crippen LogP contribution in [-0.4, -0.2) is 68.2 Å². The molecule has 0 aliphatic carbocycles. The Kier molecular flexibility index (Phi) is 4.86. The Morgan fingerprint density at radius 3 is 2.60 bits per heavy atom. The number of fused-ring (bicyclic) bond motifs is 1. The Bertz CT molecular complexity index is 1240. The van der Waals surface area contributed by atoms with Crippen molar-refractivity contribution in [3.05, 3.63) is 52.6 Å². The molecule has 1 aliphatic heterocycles. The van der Waals surface area contributed by atoms with Gasteiger partial charge < -0.3 is 25.8 Å². The van der Waals surface area contributed by atoms with Crippen molar-refractivity contribution in [3.8, 4) is 0 Å². The van der Waals surface area contributed by atoms with Gasteiger partial charge in [0.2, 0.25) is 15.8 Å². The molecule has 3 aromatic rings. The van der Waals surface area contributed by atoms with Crippen LogP contribution in [-0.2, 0) is 25.4 Å². The number of aliphatic hydroxyl groups excluding tert-OH is 3. The minimum absolute atomic E-state index is 0.240. The minimum Gasteiger partial charge on any atom is -0.394 e. The second kappa shape index (κ2) is 7.14. The summed E-state index contributed by atoms with van der Waals surface area (Å²) in [7, 11) is -4.45. The SMILES string of the molecule is Nc1nc2c(ncn2[C@]2(S(=O)(=O)Cc3ccccc3)O[C@H](CO)[C@@H](O)[C@H]2O)c(=O)[nH]1. The summed E-state index contributed by atoms with van der Waals surface area (Å²) < 4.78 is 33.6. The van der Waals surface area contributed by atoms with Crippen LogP contribution in [0.1, 0.15) is 5.56 Å². The van der Waals surface area contributed by atoms with Gasteiger partial charge in [-0.1, -0.05) is 30.3 Å². The van der Waals surface area contributed by atoms with Crippen molar-refractivity contribution in [2.75, 3.05) is 12.3 Å². The van der Waals surface area contributed by atoms with E-state index in [1.807, 2.05) is 0 Å². The van der Waals surface area contributed by atoms with Gasteiger partial charge in [0.15, 0.2) is 11.2 Å². The van der Waals surface area contributed by atoms with E-state index in [9.17, 15) is 28.5 Å². The molecule has 4 rings (SSSR count). The Hall–Kier alpha value is -2.84. The molecule has 0 bridgehead atoms. The van der Waals surface area contributed by atoms with E-state index >= 15 is 0 Å². The molecular formula is C17H19N5O7S. The maximum absolute atomic E-state index is 13.6. The van der Waals surface area contributed by atoms with Gasteiger partial charge in [-0.3, -0.25) is 14.3 Å². The zero-order valence-corrected chi connectivity index (χ0v) is 16.2. The fourth-order valence-electron chi connectivity index (χ4n) is 3.58. The number of benzene rings is 1. The zero-order valence-electron chi connectivity index (χ0n) is 15.4. The van der Waals surface area contributed by atoms with Crippen LogP contribution in [0, 0.1) is 0 Å². The molecule has 0 saturated carbocycles. The van der Waals surface area contributed by atoms with E-state index in [0.29, 0.717) is 5.56 Å². The number of hydrogen-bond acceptors (Lipinski definition) is 10. The van der Waals surface area contributed by atoms with E-state index in [0.717, 1.165) is 10.9 Å². The molecule has 0 radical (unpaired) electrons. The third-order valence-electron chi connectivity index (χ3n) is 4.98. The zero-order chi connectivity index (χ0) is 21.7. The maximum Gasteiger partial charge on any atom is 0.281 e. The molecule has 0 unspecified atom stereocenters. The topological polar surface area (TPSA) is 194 Å². The first-order valence-electron chi connectivity index (χ1n) is 8.85. The molecule has 3 heterocycles. The average Bonchev–Trinajstić information content (AvgIpc) is 3.23. The van der Waals surface area contributed by atoms with Crippen LogP contribution in [0.5, 0.6) is 0 Å². The van der Waals surface area contributed by atoms with Gasteiger partial charge >= 0.3 is 0 Å². The van der Waals surface area contributed by atoms with Crippen LogP contribution < -0.4 is 11.3 Å². The van der Waals surface area contributed by atoms with Gasteiger partial charge in [-0.2, -0.15) is 4.98 Å². The number of aliphatic hydroxyl groups is 3. The number of H-pyrrole nitrogens is 1. The average molecular weight is 437 g/mol. The highest BCUT2D eigenvalue weighted by molar-refractivity contribution is 7.91. The van der Waals surface area contributed by atoms with E-state index < -0.39 is 51.1 Å². The van der Waals surface area contributed by atoms with Crippen LogP contribution in [0.2, 0.25) is 0 Å². The van der Waals surface area contributed by atoms with Gasteiger partial charge in [0.25, 0.3) is 10.6 Å². The molecule has 1 aliphatic rings. The van der Waals surface area contributed by atoms with Gasteiger partial charge in [0, 0.05) is 0 Å². The lowest BCUT2D eigenvalue weighted by molar-refractivity contribution is -0.0843. The third-order valence-corrected chi connectivity index (χ3v) is 7.12. The van der Waals surface area contributed by atoms with Gasteiger partial charge in [0.05, 0.1) is 12.4 Å². The molecule has 0 spiro atoms. The summed E-state index contributed by atoms with van der Waals surface area (Å²) in [6.07, 6.45) is -4.22. The Labute approximate surface area is 169 Å². The molecule has 160 valence electrons. The van der Waals surface area contributed by atoms with Crippen molar-refractivity contribution in [3.63, 3.8) is 0 Å². The number of nitrogens with one attached hydrogen (secondary N) is 1. The Morgan fingerprint density at radius 2 is 1.97 bits per heavy atom. The number of nitrogens with zero attached hydrogens (tertiary/aromatic N) is 3. The summed E-state index contributed by atoms with van der Waals surface area (Å²) in [6.45, 7) is -0.760. The number of hydrogen-bond donors (Lipinski definition) is 5. The lowest BCUT2D eigenvalue weighted by atomic mass is 10.1. The highest BCUT2D eigenvalue weighted by atomic mass is 32.2. The summed E-state index contributed by atoms with van der Waals surface area (Å²) in [5, 5.41) is 28.1. The van der Waals surface area contributed by atoms with Gasteiger partial charge in [0.1, 0.15) is 24.6 Å². The molecule has 6 N–H and O–H groups in total. The van der Waals surface area contributed by atoms with E-state index in [1.54, 1.807) is 30.3 Å². The molecule has 4 atom stereocenters. The molecule has 12 nitrogen and oxygen atoms in total. The van der Waals surface area contributed by atoms with Crippen molar-refractivity contribution < 1.29 is 28.5 Å². The van der Waals surface area contributed by atoms with E-state index in [4.69, 9.17) is 10.5 Å². The number of nitrogen functional groups attached to an aromatic ring is 1. The van der Waals surface area contributed by atoms with Crippen molar-refractivity contribution in [1.82, 2.24) is 19.5 Å². The summed E-state index contributed by atoms with van der Waals surface area (Å²) in [6, 6.07) is 8.13. The normalized spacial score (nSPS) is 27.0. The van der Waals surface area contributed by atoms with Crippen LogP contribution in [0.4, 0.5) is 5.95 Å². The Balaban J connectivity index is 1.98. The van der Waals surface area contributed by atoms with E-state index in [1.165, 1.54) is 0 Å². The highest BCUT2D eigenvalue weighted by Crippen LogP contribution is 2.43. The molecule has 1 saturated heterocycles. The summed E-state index contributed by atoms with van der Waals surface area (Å²) in [5.41, 5.74) is 4.76. The second-order valence-electron chi connectivity index (χ2n) is 6.89. The van der Waals surface area contributed by atoms with Crippen molar-refractivity contribution in [2.24, 2.45) is 0 Å². The maximum atomic E-state index is 13.6.